The molecule has 0 aliphatic rings. The van der Waals surface area contributed by atoms with Crippen molar-refractivity contribution >= 4 is 6.16 Å². The highest BCUT2D eigenvalue weighted by atomic mass is 16.7. The molecule has 0 aliphatic heterocycles. The van der Waals surface area contributed by atoms with E-state index in [-0.39, 0.29) is 0 Å². The average Bonchev–Trinajstić information content (AvgIpc) is 2.07. The maximum absolute atomic E-state index is 9.81. The SMILES string of the molecule is C=C.CCCCCCOC(=O)O. The molecule has 0 fully saturated rings. The lowest BCUT2D eigenvalue weighted by molar-refractivity contribution is 0.0900. The van der Waals surface area contributed by atoms with E-state index in [4.69, 9.17) is 5.11 Å². The summed E-state index contributed by atoms with van der Waals surface area (Å²) in [5.74, 6) is 0. The molecule has 0 radical (unpaired) electrons. The largest absolute Gasteiger partial charge is 0.505 e. The minimum absolute atomic E-state index is 0.343. The van der Waals surface area contributed by atoms with E-state index in [1.165, 1.54) is 0 Å². The van der Waals surface area contributed by atoms with Crippen molar-refractivity contribution in [3.05, 3.63) is 13.2 Å². The number of carbonyl (C=O) groups is 1. The van der Waals surface area contributed by atoms with Crippen molar-refractivity contribution in [1.82, 2.24) is 0 Å². The topological polar surface area (TPSA) is 46.5 Å². The standard InChI is InChI=1S/C7H14O3.C2H4/c1-2-3-4-5-6-10-7(8)9;1-2/h2-6H2,1H3,(H,8,9);1-2H2. The van der Waals surface area contributed by atoms with E-state index in [1.807, 2.05) is 0 Å². The van der Waals surface area contributed by atoms with Crippen LogP contribution < -0.4 is 0 Å². The third-order valence-electron chi connectivity index (χ3n) is 1.22. The summed E-state index contributed by atoms with van der Waals surface area (Å²) in [7, 11) is 0. The fourth-order valence-corrected chi connectivity index (χ4v) is 0.688. The first-order valence-corrected chi connectivity index (χ1v) is 4.13. The molecule has 0 spiro atoms. The molecule has 0 aliphatic carbocycles. The van der Waals surface area contributed by atoms with Gasteiger partial charge >= 0.3 is 6.16 Å². The lowest BCUT2D eigenvalue weighted by atomic mass is 10.2. The molecule has 1 N–H and O–H groups in total. The molecule has 0 atom stereocenters. The fourth-order valence-electron chi connectivity index (χ4n) is 0.688. The first kappa shape index (κ1) is 13.6. The summed E-state index contributed by atoms with van der Waals surface area (Å²) in [4.78, 5) is 9.81. The molecule has 72 valence electrons. The highest BCUT2D eigenvalue weighted by Gasteiger charge is 1.93. The summed E-state index contributed by atoms with van der Waals surface area (Å²) in [6.45, 7) is 8.45. The van der Waals surface area contributed by atoms with E-state index >= 15 is 0 Å². The Morgan fingerprint density at radius 2 is 1.92 bits per heavy atom. The summed E-state index contributed by atoms with van der Waals surface area (Å²) in [5, 5.41) is 8.05. The van der Waals surface area contributed by atoms with Crippen molar-refractivity contribution in [2.45, 2.75) is 32.6 Å². The fraction of sp³-hybridized carbons (Fsp3) is 0.667. The van der Waals surface area contributed by atoms with Crippen molar-refractivity contribution in [1.29, 1.82) is 0 Å². The molecule has 0 rings (SSSR count). The number of ether oxygens (including phenoxy) is 1. The molecule has 0 aromatic rings. The first-order valence-electron chi connectivity index (χ1n) is 4.13. The molecule has 0 aromatic carbocycles. The number of hydrogen-bond donors (Lipinski definition) is 1. The highest BCUT2D eigenvalue weighted by molar-refractivity contribution is 5.56. The van der Waals surface area contributed by atoms with Gasteiger partial charge in [-0.2, -0.15) is 0 Å². The Balaban J connectivity index is 0. The van der Waals surface area contributed by atoms with Crippen LogP contribution >= 0.6 is 0 Å². The number of hydrogen-bond acceptors (Lipinski definition) is 2. The monoisotopic (exact) mass is 174 g/mol. The second-order valence-electron chi connectivity index (χ2n) is 2.18. The Kier molecular flexibility index (Phi) is 14.3. The van der Waals surface area contributed by atoms with Crippen molar-refractivity contribution in [2.75, 3.05) is 6.61 Å². The molecule has 0 unspecified atom stereocenters. The van der Waals surface area contributed by atoms with Gasteiger partial charge in [-0.15, -0.1) is 13.2 Å². The Bertz CT molecular complexity index is 102. The van der Waals surface area contributed by atoms with Crippen LogP contribution in [0, 0.1) is 0 Å². The lowest BCUT2D eigenvalue weighted by Crippen LogP contribution is -2.01. The van der Waals surface area contributed by atoms with E-state index in [9.17, 15) is 4.79 Å². The third kappa shape index (κ3) is 16.0. The summed E-state index contributed by atoms with van der Waals surface area (Å²) in [6, 6.07) is 0. The van der Waals surface area contributed by atoms with Crippen LogP contribution in [0.2, 0.25) is 0 Å². The zero-order valence-corrected chi connectivity index (χ0v) is 7.71. The first-order chi connectivity index (χ1) is 5.77. The van der Waals surface area contributed by atoms with Gasteiger partial charge in [0.2, 0.25) is 0 Å². The average molecular weight is 174 g/mol. The Morgan fingerprint density at radius 3 is 2.33 bits per heavy atom. The van der Waals surface area contributed by atoms with Gasteiger partial charge in [-0.05, 0) is 6.42 Å². The Morgan fingerprint density at radius 1 is 1.33 bits per heavy atom. The van der Waals surface area contributed by atoms with E-state index in [2.05, 4.69) is 24.8 Å². The lowest BCUT2D eigenvalue weighted by Gasteiger charge is -1.98. The Labute approximate surface area is 74.0 Å². The van der Waals surface area contributed by atoms with Gasteiger partial charge in [-0.1, -0.05) is 26.2 Å². The highest BCUT2D eigenvalue weighted by Crippen LogP contribution is 1.98. The number of rotatable bonds is 5. The maximum atomic E-state index is 9.81. The van der Waals surface area contributed by atoms with Gasteiger partial charge < -0.3 is 9.84 Å². The molecular formula is C9H18O3. The van der Waals surface area contributed by atoms with Gasteiger partial charge in [-0.3, -0.25) is 0 Å². The summed E-state index contributed by atoms with van der Waals surface area (Å²) in [5.41, 5.74) is 0. The van der Waals surface area contributed by atoms with Crippen molar-refractivity contribution in [3.8, 4) is 0 Å². The van der Waals surface area contributed by atoms with Gasteiger partial charge in [0.15, 0.2) is 0 Å². The molecule has 3 nitrogen and oxygen atoms in total. The van der Waals surface area contributed by atoms with E-state index in [0.29, 0.717) is 6.61 Å². The predicted octanol–water partition coefficient (Wildman–Crippen LogP) is 3.06. The van der Waals surface area contributed by atoms with Crippen LogP contribution in [0.1, 0.15) is 32.6 Å². The minimum atomic E-state index is -1.17. The van der Waals surface area contributed by atoms with Gasteiger partial charge in [0.1, 0.15) is 0 Å². The molecule has 3 heteroatoms. The number of carboxylic acid groups (broad SMARTS) is 1. The smallest absolute Gasteiger partial charge is 0.450 e. The normalized spacial score (nSPS) is 8.08. The second-order valence-corrected chi connectivity index (χ2v) is 2.18. The van der Waals surface area contributed by atoms with Gasteiger partial charge in [0, 0.05) is 0 Å². The molecule has 12 heavy (non-hydrogen) atoms. The minimum Gasteiger partial charge on any atom is -0.450 e. The zero-order chi connectivity index (χ0) is 9.82. The van der Waals surface area contributed by atoms with E-state index in [0.717, 1.165) is 25.7 Å². The van der Waals surface area contributed by atoms with E-state index < -0.39 is 6.16 Å². The molecule has 0 saturated carbocycles. The molecule has 0 heterocycles. The van der Waals surface area contributed by atoms with Crippen LogP contribution in [0.4, 0.5) is 4.79 Å². The van der Waals surface area contributed by atoms with Crippen LogP contribution in [0.3, 0.4) is 0 Å². The van der Waals surface area contributed by atoms with Crippen LogP contribution in [-0.2, 0) is 4.74 Å². The van der Waals surface area contributed by atoms with Gasteiger partial charge in [0.05, 0.1) is 6.61 Å². The second kappa shape index (κ2) is 12.7. The van der Waals surface area contributed by atoms with Crippen LogP contribution in [0.25, 0.3) is 0 Å². The van der Waals surface area contributed by atoms with Crippen LogP contribution in [0.5, 0.6) is 0 Å². The molecule has 0 amide bonds. The third-order valence-corrected chi connectivity index (χ3v) is 1.22. The van der Waals surface area contributed by atoms with Crippen LogP contribution in [0.15, 0.2) is 13.2 Å². The van der Waals surface area contributed by atoms with E-state index in [1.54, 1.807) is 0 Å². The summed E-state index contributed by atoms with van der Waals surface area (Å²) < 4.78 is 4.31. The molecule has 0 bridgehead atoms. The van der Waals surface area contributed by atoms with Crippen LogP contribution in [-0.4, -0.2) is 17.9 Å². The quantitative estimate of drug-likeness (QED) is 0.396. The zero-order valence-electron chi connectivity index (χ0n) is 7.71. The number of unbranched alkanes of at least 4 members (excludes halogenated alkanes) is 3. The Hall–Kier alpha value is -0.990. The van der Waals surface area contributed by atoms with Crippen molar-refractivity contribution < 1.29 is 14.6 Å². The van der Waals surface area contributed by atoms with Gasteiger partial charge in [0.25, 0.3) is 0 Å². The molecular weight excluding hydrogens is 156 g/mol. The molecule has 0 aromatic heterocycles. The maximum Gasteiger partial charge on any atom is 0.505 e. The predicted molar refractivity (Wildman–Crippen MR) is 49.4 cm³/mol. The van der Waals surface area contributed by atoms with Gasteiger partial charge in [-0.25, -0.2) is 4.79 Å². The van der Waals surface area contributed by atoms with Crippen molar-refractivity contribution in [3.63, 3.8) is 0 Å². The summed E-state index contributed by atoms with van der Waals surface area (Å²) in [6.07, 6.45) is 3.05. The molecule has 0 saturated heterocycles. The summed E-state index contributed by atoms with van der Waals surface area (Å²) >= 11 is 0. The van der Waals surface area contributed by atoms with Crippen molar-refractivity contribution in [2.24, 2.45) is 0 Å².